The van der Waals surface area contributed by atoms with Crippen molar-refractivity contribution >= 4 is 23.8 Å². The number of carboxylic acid groups (broad SMARTS) is 2. The van der Waals surface area contributed by atoms with Gasteiger partial charge < -0.3 is 39.4 Å². The van der Waals surface area contributed by atoms with Crippen LogP contribution in [0.25, 0.3) is 5.69 Å². The zero-order valence-corrected chi connectivity index (χ0v) is 27.9. The number of aromatic nitrogens is 2. The Labute approximate surface area is 276 Å². The highest BCUT2D eigenvalue weighted by Gasteiger charge is 2.37. The third-order valence-corrected chi connectivity index (χ3v) is 8.00. The lowest BCUT2D eigenvalue weighted by molar-refractivity contribution is -0.140. The van der Waals surface area contributed by atoms with Crippen molar-refractivity contribution in [2.45, 2.75) is 52.5 Å². The smallest absolute Gasteiger partial charge is 0.328 e. The van der Waals surface area contributed by atoms with Crippen molar-refractivity contribution in [3.8, 4) is 5.69 Å². The SMILES string of the molecule is COCCCCc1c(C(=O)N(CC(C)C)[C@@H]2CNC[C@H](C(=O)N3CCOCC3)C2)nc(C)n1-c1ccccc1.O=C(O)C=CC(=O)O. The zero-order valence-electron chi connectivity index (χ0n) is 27.9. The van der Waals surface area contributed by atoms with E-state index in [1.165, 1.54) is 0 Å². The Kier molecular flexibility index (Phi) is 15.1. The van der Waals surface area contributed by atoms with Crippen LogP contribution in [0.4, 0.5) is 0 Å². The number of para-hydroxylation sites is 1. The van der Waals surface area contributed by atoms with E-state index in [1.54, 1.807) is 7.11 Å². The number of imidazole rings is 1. The maximum absolute atomic E-state index is 14.4. The molecule has 3 N–H and O–H groups in total. The Hall–Kier alpha value is -4.07. The summed E-state index contributed by atoms with van der Waals surface area (Å²) >= 11 is 0. The fourth-order valence-electron chi connectivity index (χ4n) is 5.89. The monoisotopic (exact) mass is 655 g/mol. The van der Waals surface area contributed by atoms with Gasteiger partial charge in [-0.1, -0.05) is 32.0 Å². The Morgan fingerprint density at radius 3 is 2.32 bits per heavy atom. The highest BCUT2D eigenvalue weighted by molar-refractivity contribution is 5.94. The van der Waals surface area contributed by atoms with Crippen molar-refractivity contribution in [1.82, 2.24) is 24.7 Å². The number of hydrogen-bond acceptors (Lipinski definition) is 8. The standard InChI is InChI=1S/C30H45N5O4.C4H4O4/c1-22(2)21-34(26-18-24(19-31-20-26)29(36)33-13-16-39-17-14-33)30(37)28-27(12-8-9-15-38-4)35(23(3)32-28)25-10-6-5-7-11-25;5-3(6)1-2-4(7)8/h5-7,10-11,22,24,26,31H,8-9,12-21H2,1-4H3;1-2H,(H,5,6)(H,7,8)/t24-,26+;/m1./s1. The number of piperidine rings is 1. The first kappa shape index (κ1) is 37.4. The minimum absolute atomic E-state index is 0.0468. The number of carbonyl (C=O) groups excluding carboxylic acids is 2. The van der Waals surface area contributed by atoms with Gasteiger partial charge >= 0.3 is 11.9 Å². The van der Waals surface area contributed by atoms with Gasteiger partial charge in [-0.2, -0.15) is 0 Å². The number of nitrogens with one attached hydrogen (secondary N) is 1. The molecule has 0 radical (unpaired) electrons. The number of carbonyl (C=O) groups is 4. The fourth-order valence-corrected chi connectivity index (χ4v) is 5.89. The number of rotatable bonds is 13. The Balaban J connectivity index is 0.000000665. The second kappa shape index (κ2) is 18.9. The minimum atomic E-state index is -1.26. The first-order chi connectivity index (χ1) is 22.5. The highest BCUT2D eigenvalue weighted by Crippen LogP contribution is 2.26. The summed E-state index contributed by atoms with van der Waals surface area (Å²) in [5, 5.41) is 19.1. The first-order valence-electron chi connectivity index (χ1n) is 16.2. The van der Waals surface area contributed by atoms with Crippen LogP contribution in [-0.2, 0) is 30.3 Å². The lowest BCUT2D eigenvalue weighted by Crippen LogP contribution is -2.56. The van der Waals surface area contributed by atoms with Crippen LogP contribution in [0.1, 0.15) is 55.1 Å². The van der Waals surface area contributed by atoms with E-state index in [4.69, 9.17) is 24.7 Å². The van der Waals surface area contributed by atoms with Gasteiger partial charge in [-0.25, -0.2) is 14.6 Å². The average molecular weight is 656 g/mol. The molecule has 0 bridgehead atoms. The lowest BCUT2D eigenvalue weighted by atomic mass is 9.92. The molecule has 2 aromatic rings. The summed E-state index contributed by atoms with van der Waals surface area (Å²) in [6.07, 6.45) is 4.32. The number of nitrogens with zero attached hydrogens (tertiary/aromatic N) is 4. The molecule has 2 saturated heterocycles. The number of carboxylic acids is 2. The van der Waals surface area contributed by atoms with Crippen LogP contribution >= 0.6 is 0 Å². The molecule has 2 aliphatic heterocycles. The van der Waals surface area contributed by atoms with Crippen molar-refractivity contribution in [1.29, 1.82) is 0 Å². The molecule has 2 fully saturated rings. The number of methoxy groups -OCH3 is 1. The molecule has 4 rings (SSSR count). The van der Waals surface area contributed by atoms with Gasteiger partial charge in [0.05, 0.1) is 24.8 Å². The molecule has 13 heteroatoms. The van der Waals surface area contributed by atoms with E-state index < -0.39 is 11.9 Å². The van der Waals surface area contributed by atoms with Gasteiger partial charge in [-0.05, 0) is 50.7 Å². The van der Waals surface area contributed by atoms with Crippen LogP contribution in [0.3, 0.4) is 0 Å². The molecular weight excluding hydrogens is 606 g/mol. The van der Waals surface area contributed by atoms with Crippen molar-refractivity contribution < 1.29 is 38.9 Å². The molecule has 47 heavy (non-hydrogen) atoms. The van der Waals surface area contributed by atoms with E-state index in [2.05, 4.69) is 35.9 Å². The number of hydrogen-bond donors (Lipinski definition) is 3. The largest absolute Gasteiger partial charge is 0.478 e. The summed E-state index contributed by atoms with van der Waals surface area (Å²) in [6, 6.07) is 10.0. The van der Waals surface area contributed by atoms with Crippen LogP contribution in [0.2, 0.25) is 0 Å². The highest BCUT2D eigenvalue weighted by atomic mass is 16.5. The number of aryl methyl sites for hydroxylation is 1. The second-order valence-electron chi connectivity index (χ2n) is 12.1. The number of aliphatic carboxylic acids is 2. The van der Waals surface area contributed by atoms with Gasteiger partial charge in [0.15, 0.2) is 0 Å². The second-order valence-corrected chi connectivity index (χ2v) is 12.1. The summed E-state index contributed by atoms with van der Waals surface area (Å²) in [5.74, 6) is -1.46. The van der Waals surface area contributed by atoms with E-state index in [0.29, 0.717) is 76.8 Å². The summed E-state index contributed by atoms with van der Waals surface area (Å²) in [4.78, 5) is 55.5. The number of ether oxygens (including phenoxy) is 2. The Bertz CT molecular complexity index is 1340. The molecule has 13 nitrogen and oxygen atoms in total. The van der Waals surface area contributed by atoms with E-state index in [9.17, 15) is 19.2 Å². The molecule has 2 aliphatic rings. The quantitative estimate of drug-likeness (QED) is 0.216. The number of benzene rings is 1. The summed E-state index contributed by atoms with van der Waals surface area (Å²) in [7, 11) is 1.71. The van der Waals surface area contributed by atoms with Crippen LogP contribution in [0.15, 0.2) is 42.5 Å². The molecule has 3 heterocycles. The van der Waals surface area contributed by atoms with Gasteiger partial charge in [-0.3, -0.25) is 9.59 Å². The lowest BCUT2D eigenvalue weighted by Gasteiger charge is -2.40. The molecule has 0 aliphatic carbocycles. The summed E-state index contributed by atoms with van der Waals surface area (Å²) in [6.45, 7) is 11.3. The van der Waals surface area contributed by atoms with Gasteiger partial charge in [0, 0.05) is 70.3 Å². The third kappa shape index (κ3) is 11.3. The summed E-state index contributed by atoms with van der Waals surface area (Å²) < 4.78 is 12.8. The molecule has 0 saturated carbocycles. The van der Waals surface area contributed by atoms with Gasteiger partial charge in [-0.15, -0.1) is 0 Å². The van der Waals surface area contributed by atoms with Crippen LogP contribution in [-0.4, -0.2) is 119 Å². The van der Waals surface area contributed by atoms with Crippen molar-refractivity contribution in [2.75, 3.05) is 59.7 Å². The molecule has 0 unspecified atom stereocenters. The van der Waals surface area contributed by atoms with E-state index >= 15 is 0 Å². The fraction of sp³-hybridized carbons (Fsp3) is 0.559. The number of unbranched alkanes of at least 4 members (excludes halogenated alkanes) is 1. The number of amides is 2. The maximum Gasteiger partial charge on any atom is 0.328 e. The molecular formula is C34H49N5O8. The predicted octanol–water partition coefficient (Wildman–Crippen LogP) is 2.80. The van der Waals surface area contributed by atoms with Crippen LogP contribution in [0.5, 0.6) is 0 Å². The molecule has 2 amide bonds. The Morgan fingerprint density at radius 1 is 1.06 bits per heavy atom. The Morgan fingerprint density at radius 2 is 1.72 bits per heavy atom. The minimum Gasteiger partial charge on any atom is -0.478 e. The normalized spacial score (nSPS) is 18.1. The maximum atomic E-state index is 14.4. The van der Waals surface area contributed by atoms with Crippen molar-refractivity contribution in [2.24, 2.45) is 11.8 Å². The molecule has 258 valence electrons. The third-order valence-electron chi connectivity index (χ3n) is 8.00. The van der Waals surface area contributed by atoms with Crippen LogP contribution in [0, 0.1) is 18.8 Å². The van der Waals surface area contributed by atoms with Gasteiger partial charge in [0.2, 0.25) is 5.91 Å². The van der Waals surface area contributed by atoms with E-state index in [0.717, 1.165) is 36.5 Å². The zero-order chi connectivity index (χ0) is 34.3. The van der Waals surface area contributed by atoms with Crippen molar-refractivity contribution in [3.05, 3.63) is 59.7 Å². The van der Waals surface area contributed by atoms with Crippen LogP contribution < -0.4 is 5.32 Å². The molecule has 1 aromatic carbocycles. The molecule has 0 spiro atoms. The predicted molar refractivity (Wildman–Crippen MR) is 176 cm³/mol. The number of morpholine rings is 1. The topological polar surface area (TPSA) is 164 Å². The van der Waals surface area contributed by atoms with Gasteiger partial charge in [0.25, 0.3) is 5.91 Å². The molecule has 1 aromatic heterocycles. The summed E-state index contributed by atoms with van der Waals surface area (Å²) in [5.41, 5.74) is 2.48. The van der Waals surface area contributed by atoms with Crippen molar-refractivity contribution in [3.63, 3.8) is 0 Å². The molecule has 2 atom stereocenters. The van der Waals surface area contributed by atoms with E-state index in [-0.39, 0.29) is 29.7 Å². The average Bonchev–Trinajstić information content (AvgIpc) is 3.40. The van der Waals surface area contributed by atoms with Gasteiger partial charge in [0.1, 0.15) is 11.5 Å². The van der Waals surface area contributed by atoms with E-state index in [1.807, 2.05) is 34.9 Å². The first-order valence-corrected chi connectivity index (χ1v) is 16.2.